The van der Waals surface area contributed by atoms with Gasteiger partial charge < -0.3 is 11.1 Å². The van der Waals surface area contributed by atoms with Gasteiger partial charge in [0.25, 0.3) is 0 Å². The molecule has 0 aliphatic carbocycles. The summed E-state index contributed by atoms with van der Waals surface area (Å²) < 4.78 is 0. The molecule has 0 aromatic carbocycles. The average molecular weight is 296 g/mol. The standard InChI is InChI=1S/C12H16N4OS2/c1-2-8-6-18-11(15-8)5-14-10(17)4-3-9-7-19-12(13)16-9/h6-7H,2-5H2,1H3,(H2,13,16)(H,14,17). The third kappa shape index (κ3) is 4.29. The SMILES string of the molecule is CCc1csc(CNC(=O)CCc2csc(N)n2)n1. The number of aromatic nitrogens is 2. The topological polar surface area (TPSA) is 80.9 Å². The normalized spacial score (nSPS) is 10.6. The summed E-state index contributed by atoms with van der Waals surface area (Å²) in [6.45, 7) is 2.57. The van der Waals surface area contributed by atoms with Crippen LogP contribution in [0.15, 0.2) is 10.8 Å². The molecule has 1 amide bonds. The summed E-state index contributed by atoms with van der Waals surface area (Å²) in [4.78, 5) is 20.2. The second-order valence-corrected chi connectivity index (χ2v) is 5.87. The number of thiazole rings is 2. The van der Waals surface area contributed by atoms with E-state index >= 15 is 0 Å². The molecule has 3 N–H and O–H groups in total. The van der Waals surface area contributed by atoms with Crippen LogP contribution in [-0.2, 0) is 24.2 Å². The van der Waals surface area contributed by atoms with E-state index in [1.807, 2.05) is 10.8 Å². The number of nitrogen functional groups attached to an aromatic ring is 1. The molecule has 0 radical (unpaired) electrons. The minimum absolute atomic E-state index is 0.0137. The van der Waals surface area contributed by atoms with Crippen molar-refractivity contribution in [2.75, 3.05) is 5.73 Å². The molecule has 2 aromatic rings. The van der Waals surface area contributed by atoms with E-state index in [-0.39, 0.29) is 5.91 Å². The van der Waals surface area contributed by atoms with Gasteiger partial charge >= 0.3 is 0 Å². The van der Waals surface area contributed by atoms with Gasteiger partial charge in [-0.15, -0.1) is 22.7 Å². The highest BCUT2D eigenvalue weighted by atomic mass is 32.1. The largest absolute Gasteiger partial charge is 0.375 e. The Balaban J connectivity index is 1.72. The van der Waals surface area contributed by atoms with Gasteiger partial charge in [-0.05, 0) is 12.8 Å². The predicted molar refractivity (Wildman–Crippen MR) is 78.2 cm³/mol. The molecule has 2 heterocycles. The molecule has 0 atom stereocenters. The molecule has 0 aliphatic rings. The zero-order chi connectivity index (χ0) is 13.7. The lowest BCUT2D eigenvalue weighted by Crippen LogP contribution is -2.23. The summed E-state index contributed by atoms with van der Waals surface area (Å²) >= 11 is 2.98. The maximum Gasteiger partial charge on any atom is 0.220 e. The molecule has 19 heavy (non-hydrogen) atoms. The monoisotopic (exact) mass is 296 g/mol. The number of carbonyl (C=O) groups is 1. The number of carbonyl (C=O) groups excluding carboxylic acids is 1. The highest BCUT2D eigenvalue weighted by molar-refractivity contribution is 7.13. The first-order chi connectivity index (χ1) is 9.17. The van der Waals surface area contributed by atoms with E-state index in [0.29, 0.717) is 24.5 Å². The summed E-state index contributed by atoms with van der Waals surface area (Å²) in [5.74, 6) is 0.0137. The van der Waals surface area contributed by atoms with Crippen molar-refractivity contribution in [1.82, 2.24) is 15.3 Å². The first-order valence-corrected chi connectivity index (χ1v) is 7.83. The van der Waals surface area contributed by atoms with Crippen LogP contribution in [0, 0.1) is 0 Å². The molecule has 2 aromatic heterocycles. The van der Waals surface area contributed by atoms with E-state index in [1.54, 1.807) is 11.3 Å². The molecule has 0 bridgehead atoms. The van der Waals surface area contributed by atoms with Crippen LogP contribution in [-0.4, -0.2) is 15.9 Å². The summed E-state index contributed by atoms with van der Waals surface area (Å²) in [7, 11) is 0. The summed E-state index contributed by atoms with van der Waals surface area (Å²) in [6, 6.07) is 0. The van der Waals surface area contributed by atoms with E-state index in [4.69, 9.17) is 5.73 Å². The molecule has 0 aliphatic heterocycles. The number of nitrogens with one attached hydrogen (secondary N) is 1. The Morgan fingerprint density at radius 3 is 2.74 bits per heavy atom. The van der Waals surface area contributed by atoms with Crippen molar-refractivity contribution in [3.63, 3.8) is 0 Å². The first-order valence-electron chi connectivity index (χ1n) is 6.07. The van der Waals surface area contributed by atoms with Crippen molar-refractivity contribution in [2.45, 2.75) is 32.7 Å². The Morgan fingerprint density at radius 2 is 2.11 bits per heavy atom. The molecular weight excluding hydrogens is 280 g/mol. The minimum atomic E-state index is 0.0137. The number of nitrogens with zero attached hydrogens (tertiary/aromatic N) is 2. The fraction of sp³-hybridized carbons (Fsp3) is 0.417. The maximum atomic E-state index is 11.7. The lowest BCUT2D eigenvalue weighted by molar-refractivity contribution is -0.121. The van der Waals surface area contributed by atoms with Gasteiger partial charge in [0.05, 0.1) is 17.9 Å². The van der Waals surface area contributed by atoms with Crippen LogP contribution >= 0.6 is 22.7 Å². The Hall–Kier alpha value is -1.47. The number of anilines is 1. The van der Waals surface area contributed by atoms with Crippen molar-refractivity contribution in [1.29, 1.82) is 0 Å². The maximum absolute atomic E-state index is 11.7. The Kier molecular flexibility index (Phi) is 4.86. The highest BCUT2D eigenvalue weighted by Gasteiger charge is 2.06. The molecule has 2 rings (SSSR count). The predicted octanol–water partition coefficient (Wildman–Crippen LogP) is 1.99. The van der Waals surface area contributed by atoms with Crippen molar-refractivity contribution in [2.24, 2.45) is 0 Å². The fourth-order valence-electron chi connectivity index (χ4n) is 1.53. The van der Waals surface area contributed by atoms with Crippen LogP contribution in [0.5, 0.6) is 0 Å². The summed E-state index contributed by atoms with van der Waals surface area (Å²) in [6.07, 6.45) is 1.97. The average Bonchev–Trinajstić information content (AvgIpc) is 3.02. The lowest BCUT2D eigenvalue weighted by Gasteiger charge is -2.01. The number of nitrogens with two attached hydrogens (primary N) is 1. The van der Waals surface area contributed by atoms with Crippen LogP contribution in [0.3, 0.4) is 0 Å². The second kappa shape index (κ2) is 6.63. The number of hydrogen-bond acceptors (Lipinski definition) is 6. The smallest absolute Gasteiger partial charge is 0.220 e. The molecule has 0 unspecified atom stereocenters. The van der Waals surface area contributed by atoms with Gasteiger partial charge in [-0.25, -0.2) is 9.97 Å². The second-order valence-electron chi connectivity index (χ2n) is 4.04. The van der Waals surface area contributed by atoms with Gasteiger partial charge in [0.15, 0.2) is 5.13 Å². The van der Waals surface area contributed by atoms with Crippen LogP contribution in [0.2, 0.25) is 0 Å². The molecule has 102 valence electrons. The number of hydrogen-bond donors (Lipinski definition) is 2. The minimum Gasteiger partial charge on any atom is -0.375 e. The number of amides is 1. The van der Waals surface area contributed by atoms with Crippen molar-refractivity contribution < 1.29 is 4.79 Å². The molecule has 0 fully saturated rings. The van der Waals surface area contributed by atoms with E-state index in [0.717, 1.165) is 22.8 Å². The van der Waals surface area contributed by atoms with Gasteiger partial charge in [0.1, 0.15) is 5.01 Å². The van der Waals surface area contributed by atoms with E-state index in [1.165, 1.54) is 11.3 Å². The third-order valence-electron chi connectivity index (χ3n) is 2.58. The van der Waals surface area contributed by atoms with E-state index < -0.39 is 0 Å². The van der Waals surface area contributed by atoms with Gasteiger partial charge in [-0.3, -0.25) is 4.79 Å². The molecular formula is C12H16N4OS2. The van der Waals surface area contributed by atoms with Crippen molar-refractivity contribution >= 4 is 33.7 Å². The number of aryl methyl sites for hydroxylation is 2. The van der Waals surface area contributed by atoms with Gasteiger partial charge in [-0.1, -0.05) is 6.92 Å². The van der Waals surface area contributed by atoms with Gasteiger partial charge in [0, 0.05) is 17.2 Å². The fourth-order valence-corrected chi connectivity index (χ4v) is 2.95. The van der Waals surface area contributed by atoms with Crippen LogP contribution in [0.25, 0.3) is 0 Å². The van der Waals surface area contributed by atoms with Crippen LogP contribution in [0.4, 0.5) is 5.13 Å². The van der Waals surface area contributed by atoms with Crippen LogP contribution < -0.4 is 11.1 Å². The van der Waals surface area contributed by atoms with Crippen molar-refractivity contribution in [3.05, 3.63) is 27.2 Å². The zero-order valence-electron chi connectivity index (χ0n) is 10.7. The summed E-state index contributed by atoms with van der Waals surface area (Å²) in [5.41, 5.74) is 7.49. The molecule has 0 saturated heterocycles. The van der Waals surface area contributed by atoms with Gasteiger partial charge in [0.2, 0.25) is 5.91 Å². The Bertz CT molecular complexity index is 549. The van der Waals surface area contributed by atoms with E-state index in [9.17, 15) is 4.79 Å². The number of rotatable bonds is 6. The molecule has 5 nitrogen and oxygen atoms in total. The highest BCUT2D eigenvalue weighted by Crippen LogP contribution is 2.13. The summed E-state index contributed by atoms with van der Waals surface area (Å²) in [5, 5.41) is 8.27. The molecule has 0 spiro atoms. The quantitative estimate of drug-likeness (QED) is 0.854. The first kappa shape index (κ1) is 14.0. The third-order valence-corrected chi connectivity index (χ3v) is 4.20. The Labute approximate surface area is 119 Å². The van der Waals surface area contributed by atoms with E-state index in [2.05, 4.69) is 22.2 Å². The lowest BCUT2D eigenvalue weighted by atomic mass is 10.2. The molecule has 7 heteroatoms. The molecule has 0 saturated carbocycles. The van der Waals surface area contributed by atoms with Crippen molar-refractivity contribution in [3.8, 4) is 0 Å². The van der Waals surface area contributed by atoms with Gasteiger partial charge in [-0.2, -0.15) is 0 Å². The Morgan fingerprint density at radius 1 is 1.32 bits per heavy atom. The zero-order valence-corrected chi connectivity index (χ0v) is 12.3. The van der Waals surface area contributed by atoms with Crippen LogP contribution in [0.1, 0.15) is 29.7 Å².